The predicted molar refractivity (Wildman–Crippen MR) is 85.8 cm³/mol. The second kappa shape index (κ2) is 6.99. The number of aromatic hydroxyl groups is 1. The Hall–Kier alpha value is -2.20. The molecular weight excluding hydrogens is 288 g/mol. The van der Waals surface area contributed by atoms with Crippen LogP contribution in [0.1, 0.15) is 18.9 Å². The summed E-state index contributed by atoms with van der Waals surface area (Å²) in [5.74, 6) is 0.126. The lowest BCUT2D eigenvalue weighted by Gasteiger charge is -2.11. The number of anilines is 2. The van der Waals surface area contributed by atoms with Crippen LogP contribution in [0.15, 0.2) is 42.5 Å². The SMILES string of the molecule is CCC(=O)Nc1cccc(NCc2c(O)cccc2Cl)c1. The minimum atomic E-state index is -0.0316. The Morgan fingerprint density at radius 2 is 1.90 bits per heavy atom. The zero-order valence-electron chi connectivity index (χ0n) is 11.7. The van der Waals surface area contributed by atoms with Crippen LogP contribution in [-0.4, -0.2) is 11.0 Å². The van der Waals surface area contributed by atoms with Crippen molar-refractivity contribution in [3.63, 3.8) is 0 Å². The van der Waals surface area contributed by atoms with Gasteiger partial charge in [-0.3, -0.25) is 4.79 Å². The standard InChI is InChI=1S/C16H17ClN2O2/c1-2-16(21)19-12-6-3-5-11(9-12)18-10-13-14(17)7-4-8-15(13)20/h3-9,18,20H,2,10H2,1H3,(H,19,21). The van der Waals surface area contributed by atoms with E-state index in [0.717, 1.165) is 11.4 Å². The second-order valence-corrected chi connectivity index (χ2v) is 4.98. The number of phenols is 1. The zero-order chi connectivity index (χ0) is 15.2. The summed E-state index contributed by atoms with van der Waals surface area (Å²) in [6, 6.07) is 12.4. The molecule has 0 radical (unpaired) electrons. The van der Waals surface area contributed by atoms with Crippen LogP contribution < -0.4 is 10.6 Å². The number of hydrogen-bond donors (Lipinski definition) is 3. The first kappa shape index (κ1) is 15.2. The van der Waals surface area contributed by atoms with Crippen molar-refractivity contribution >= 4 is 28.9 Å². The van der Waals surface area contributed by atoms with Gasteiger partial charge in [-0.25, -0.2) is 0 Å². The van der Waals surface area contributed by atoms with Crippen molar-refractivity contribution in [2.75, 3.05) is 10.6 Å². The molecule has 0 aliphatic rings. The van der Waals surface area contributed by atoms with Gasteiger partial charge in [0, 0.05) is 34.9 Å². The van der Waals surface area contributed by atoms with E-state index in [1.54, 1.807) is 25.1 Å². The average Bonchev–Trinajstić information content (AvgIpc) is 2.47. The number of phenolic OH excluding ortho intramolecular Hbond substituents is 1. The predicted octanol–water partition coefficient (Wildman–Crippen LogP) is 4.01. The molecule has 4 nitrogen and oxygen atoms in total. The molecule has 0 spiro atoms. The number of carbonyl (C=O) groups is 1. The minimum Gasteiger partial charge on any atom is -0.508 e. The second-order valence-electron chi connectivity index (χ2n) is 4.57. The van der Waals surface area contributed by atoms with Crippen LogP contribution in [0.3, 0.4) is 0 Å². The summed E-state index contributed by atoms with van der Waals surface area (Å²) >= 11 is 6.06. The Bertz CT molecular complexity index is 624. The number of halogens is 1. The lowest BCUT2D eigenvalue weighted by molar-refractivity contribution is -0.115. The van der Waals surface area contributed by atoms with Gasteiger partial charge >= 0.3 is 0 Å². The van der Waals surface area contributed by atoms with Crippen molar-refractivity contribution in [3.8, 4) is 5.75 Å². The first-order valence-electron chi connectivity index (χ1n) is 6.70. The highest BCUT2D eigenvalue weighted by atomic mass is 35.5. The molecule has 0 fully saturated rings. The third-order valence-electron chi connectivity index (χ3n) is 3.03. The van der Waals surface area contributed by atoms with Crippen LogP contribution in [0.4, 0.5) is 11.4 Å². The van der Waals surface area contributed by atoms with E-state index in [-0.39, 0.29) is 11.7 Å². The van der Waals surface area contributed by atoms with Crippen molar-refractivity contribution in [1.29, 1.82) is 0 Å². The van der Waals surface area contributed by atoms with Gasteiger partial charge in [0.05, 0.1) is 0 Å². The molecule has 0 atom stereocenters. The van der Waals surface area contributed by atoms with Crippen LogP contribution in [0.2, 0.25) is 5.02 Å². The molecule has 1 amide bonds. The van der Waals surface area contributed by atoms with Crippen LogP contribution >= 0.6 is 11.6 Å². The van der Waals surface area contributed by atoms with Crippen molar-refractivity contribution < 1.29 is 9.90 Å². The third kappa shape index (κ3) is 4.13. The van der Waals surface area contributed by atoms with Crippen LogP contribution in [0, 0.1) is 0 Å². The van der Waals surface area contributed by atoms with E-state index >= 15 is 0 Å². The van der Waals surface area contributed by atoms with Crippen molar-refractivity contribution in [1.82, 2.24) is 0 Å². The molecule has 0 bridgehead atoms. The van der Waals surface area contributed by atoms with Crippen molar-refractivity contribution in [2.24, 2.45) is 0 Å². The summed E-state index contributed by atoms with van der Waals surface area (Å²) in [7, 11) is 0. The molecule has 21 heavy (non-hydrogen) atoms. The largest absolute Gasteiger partial charge is 0.508 e. The summed E-state index contributed by atoms with van der Waals surface area (Å²) in [6.45, 7) is 2.20. The van der Waals surface area contributed by atoms with E-state index < -0.39 is 0 Å². The van der Waals surface area contributed by atoms with E-state index in [1.807, 2.05) is 24.3 Å². The lowest BCUT2D eigenvalue weighted by Crippen LogP contribution is -2.09. The number of nitrogens with one attached hydrogen (secondary N) is 2. The van der Waals surface area contributed by atoms with Crippen LogP contribution in [0.25, 0.3) is 0 Å². The van der Waals surface area contributed by atoms with E-state index in [9.17, 15) is 9.90 Å². The minimum absolute atomic E-state index is 0.0316. The molecule has 110 valence electrons. The van der Waals surface area contributed by atoms with Gasteiger partial charge in [-0.05, 0) is 30.3 Å². The number of hydrogen-bond acceptors (Lipinski definition) is 3. The molecule has 0 saturated carbocycles. The van der Waals surface area contributed by atoms with Crippen LogP contribution in [-0.2, 0) is 11.3 Å². The summed E-state index contributed by atoms with van der Waals surface area (Å²) in [4.78, 5) is 11.4. The third-order valence-corrected chi connectivity index (χ3v) is 3.38. The fourth-order valence-corrected chi connectivity index (χ4v) is 2.11. The number of amides is 1. The smallest absolute Gasteiger partial charge is 0.224 e. The van der Waals surface area contributed by atoms with Gasteiger partial charge in [0.25, 0.3) is 0 Å². The summed E-state index contributed by atoms with van der Waals surface area (Å²) < 4.78 is 0. The van der Waals surface area contributed by atoms with E-state index in [4.69, 9.17) is 11.6 Å². The number of carbonyl (C=O) groups excluding carboxylic acids is 1. The molecule has 0 aromatic heterocycles. The van der Waals surface area contributed by atoms with E-state index in [0.29, 0.717) is 23.6 Å². The maximum atomic E-state index is 11.4. The zero-order valence-corrected chi connectivity index (χ0v) is 12.4. The molecule has 3 N–H and O–H groups in total. The van der Waals surface area contributed by atoms with E-state index in [2.05, 4.69) is 10.6 Å². The highest BCUT2D eigenvalue weighted by Crippen LogP contribution is 2.26. The average molecular weight is 305 g/mol. The Labute approximate surface area is 128 Å². The topological polar surface area (TPSA) is 61.4 Å². The first-order valence-corrected chi connectivity index (χ1v) is 7.08. The summed E-state index contributed by atoms with van der Waals surface area (Å²) in [6.07, 6.45) is 0.436. The van der Waals surface area contributed by atoms with Gasteiger partial charge in [-0.1, -0.05) is 30.7 Å². The quantitative estimate of drug-likeness (QED) is 0.782. The molecule has 2 aromatic carbocycles. The maximum Gasteiger partial charge on any atom is 0.224 e. The molecule has 0 aliphatic heterocycles. The molecule has 2 rings (SSSR count). The van der Waals surface area contributed by atoms with Gasteiger partial charge in [-0.2, -0.15) is 0 Å². The van der Waals surface area contributed by atoms with Gasteiger partial charge in [-0.15, -0.1) is 0 Å². The van der Waals surface area contributed by atoms with Gasteiger partial charge in [0.1, 0.15) is 5.75 Å². The van der Waals surface area contributed by atoms with Gasteiger partial charge < -0.3 is 15.7 Å². The number of benzene rings is 2. The van der Waals surface area contributed by atoms with Crippen molar-refractivity contribution in [2.45, 2.75) is 19.9 Å². The normalized spacial score (nSPS) is 10.2. The Kier molecular flexibility index (Phi) is 5.06. The van der Waals surface area contributed by atoms with E-state index in [1.165, 1.54) is 0 Å². The van der Waals surface area contributed by atoms with Gasteiger partial charge in [0.15, 0.2) is 0 Å². The molecule has 5 heteroatoms. The Morgan fingerprint density at radius 3 is 2.62 bits per heavy atom. The highest BCUT2D eigenvalue weighted by molar-refractivity contribution is 6.31. The lowest BCUT2D eigenvalue weighted by atomic mass is 10.2. The first-order chi connectivity index (χ1) is 10.1. The summed E-state index contributed by atoms with van der Waals surface area (Å²) in [5.41, 5.74) is 2.21. The molecule has 0 unspecified atom stereocenters. The highest BCUT2D eigenvalue weighted by Gasteiger charge is 2.06. The molecule has 0 aliphatic carbocycles. The fraction of sp³-hybridized carbons (Fsp3) is 0.188. The summed E-state index contributed by atoms with van der Waals surface area (Å²) in [5, 5.41) is 16.3. The monoisotopic (exact) mass is 304 g/mol. The molecular formula is C16H17ClN2O2. The van der Waals surface area contributed by atoms with Crippen molar-refractivity contribution in [3.05, 3.63) is 53.1 Å². The molecule has 0 heterocycles. The van der Waals surface area contributed by atoms with Crippen LogP contribution in [0.5, 0.6) is 5.75 Å². The van der Waals surface area contributed by atoms with Gasteiger partial charge in [0.2, 0.25) is 5.91 Å². The maximum absolute atomic E-state index is 11.4. The Balaban J connectivity index is 2.07. The number of rotatable bonds is 5. The molecule has 0 saturated heterocycles. The fourth-order valence-electron chi connectivity index (χ4n) is 1.87. The molecule has 2 aromatic rings. The Morgan fingerprint density at radius 1 is 1.19 bits per heavy atom.